The molecule has 4 rings (SSSR count). The minimum atomic E-state index is -0.253. The lowest BCUT2D eigenvalue weighted by atomic mass is 9.43. The molecule has 0 aromatic rings. The molecule has 0 aromatic heterocycles. The minimum absolute atomic E-state index is 0.0490. The van der Waals surface area contributed by atoms with Gasteiger partial charge in [-0.15, -0.1) is 0 Å². The van der Waals surface area contributed by atoms with Crippen LogP contribution in [0.4, 0.5) is 0 Å². The summed E-state index contributed by atoms with van der Waals surface area (Å²) in [5.74, 6) is 4.07. The molecule has 0 aliphatic heterocycles. The lowest BCUT2D eigenvalue weighted by Crippen LogP contribution is -2.59. The molecule has 2 nitrogen and oxygen atoms in total. The zero-order valence-corrected chi connectivity index (χ0v) is 21.5. The van der Waals surface area contributed by atoms with E-state index in [1.54, 1.807) is 0 Å². The summed E-state index contributed by atoms with van der Waals surface area (Å²) in [7, 11) is 0. The standard InChI is InChI=1S/C29H50O2/c1-18(2)9-8-10-19(3)21-12-13-22-20-11-14-24-27(4,5)25(31)15-16-28(24,6)26(20)23(30)17-29(21,22)7/h14,18-23,25-26,30-31H,8-13,15-17H2,1-7H3/t19-,20+,21-,22+,23-,25-,26-,28+,29-/m1/s1. The van der Waals surface area contributed by atoms with Crippen LogP contribution in [0.15, 0.2) is 11.6 Å². The molecular weight excluding hydrogens is 380 g/mol. The Morgan fingerprint density at radius 1 is 1.00 bits per heavy atom. The third-order valence-corrected chi connectivity index (χ3v) is 11.1. The number of fused-ring (bicyclic) bond motifs is 5. The highest BCUT2D eigenvalue weighted by atomic mass is 16.3. The average Bonchev–Trinajstić information content (AvgIpc) is 3.01. The van der Waals surface area contributed by atoms with E-state index in [1.807, 2.05) is 0 Å². The monoisotopic (exact) mass is 430 g/mol. The van der Waals surface area contributed by atoms with E-state index in [-0.39, 0.29) is 23.0 Å². The van der Waals surface area contributed by atoms with E-state index in [0.29, 0.717) is 17.3 Å². The molecule has 3 fully saturated rings. The second kappa shape index (κ2) is 8.15. The summed E-state index contributed by atoms with van der Waals surface area (Å²) in [6.07, 6.45) is 12.8. The molecule has 0 spiro atoms. The van der Waals surface area contributed by atoms with Gasteiger partial charge in [-0.3, -0.25) is 0 Å². The Labute approximate surface area is 192 Å². The van der Waals surface area contributed by atoms with Crippen LogP contribution in [0.25, 0.3) is 0 Å². The van der Waals surface area contributed by atoms with Crippen LogP contribution < -0.4 is 0 Å². The zero-order chi connectivity index (χ0) is 22.8. The molecule has 0 unspecified atom stereocenters. The van der Waals surface area contributed by atoms with Crippen LogP contribution in [0.3, 0.4) is 0 Å². The molecule has 4 aliphatic carbocycles. The maximum atomic E-state index is 11.7. The topological polar surface area (TPSA) is 40.5 Å². The second-order valence-corrected chi connectivity index (χ2v) is 13.6. The third kappa shape index (κ3) is 3.67. The Kier molecular flexibility index (Phi) is 6.26. The van der Waals surface area contributed by atoms with E-state index in [1.165, 1.54) is 37.7 Å². The number of hydrogen-bond donors (Lipinski definition) is 2. The van der Waals surface area contributed by atoms with Crippen molar-refractivity contribution in [3.05, 3.63) is 11.6 Å². The van der Waals surface area contributed by atoms with Crippen LogP contribution in [0.5, 0.6) is 0 Å². The predicted octanol–water partition coefficient (Wildman–Crippen LogP) is 7.00. The van der Waals surface area contributed by atoms with E-state index < -0.39 is 0 Å². The van der Waals surface area contributed by atoms with Crippen LogP contribution in [0.1, 0.15) is 106 Å². The summed E-state index contributed by atoms with van der Waals surface area (Å²) in [4.78, 5) is 0. The van der Waals surface area contributed by atoms with Crippen LogP contribution in [-0.4, -0.2) is 22.4 Å². The molecule has 9 atom stereocenters. The van der Waals surface area contributed by atoms with Crippen LogP contribution in [-0.2, 0) is 0 Å². The summed E-state index contributed by atoms with van der Waals surface area (Å²) in [5, 5.41) is 22.5. The number of hydrogen-bond acceptors (Lipinski definition) is 2. The van der Waals surface area contributed by atoms with Gasteiger partial charge in [-0.25, -0.2) is 0 Å². The first-order valence-electron chi connectivity index (χ1n) is 13.5. The molecule has 0 radical (unpaired) electrons. The van der Waals surface area contributed by atoms with E-state index in [9.17, 15) is 10.2 Å². The molecule has 0 saturated heterocycles. The summed E-state index contributed by atoms with van der Waals surface area (Å²) in [6.45, 7) is 16.6. The van der Waals surface area contributed by atoms with Crippen molar-refractivity contribution in [1.29, 1.82) is 0 Å². The van der Waals surface area contributed by atoms with Gasteiger partial charge in [-0.05, 0) is 84.9 Å². The Morgan fingerprint density at radius 3 is 2.39 bits per heavy atom. The predicted molar refractivity (Wildman–Crippen MR) is 130 cm³/mol. The lowest BCUT2D eigenvalue weighted by molar-refractivity contribution is -0.139. The highest BCUT2D eigenvalue weighted by Gasteiger charge is 2.63. The third-order valence-electron chi connectivity index (χ3n) is 11.1. The number of aliphatic hydroxyl groups is 2. The largest absolute Gasteiger partial charge is 0.393 e. The van der Waals surface area contributed by atoms with Gasteiger partial charge in [-0.2, -0.15) is 0 Å². The van der Waals surface area contributed by atoms with Crippen molar-refractivity contribution in [2.45, 2.75) is 118 Å². The Hall–Kier alpha value is -0.340. The number of rotatable bonds is 5. The first-order valence-corrected chi connectivity index (χ1v) is 13.5. The van der Waals surface area contributed by atoms with E-state index in [2.05, 4.69) is 54.5 Å². The van der Waals surface area contributed by atoms with Crippen molar-refractivity contribution in [2.24, 2.45) is 51.8 Å². The van der Waals surface area contributed by atoms with Gasteiger partial charge in [0.2, 0.25) is 0 Å². The van der Waals surface area contributed by atoms with Crippen LogP contribution in [0, 0.1) is 51.8 Å². The Morgan fingerprint density at radius 2 is 1.71 bits per heavy atom. The second-order valence-electron chi connectivity index (χ2n) is 13.6. The van der Waals surface area contributed by atoms with Crippen molar-refractivity contribution in [2.75, 3.05) is 0 Å². The van der Waals surface area contributed by atoms with Gasteiger partial charge in [0.1, 0.15) is 0 Å². The smallest absolute Gasteiger partial charge is 0.0628 e. The first-order chi connectivity index (χ1) is 14.4. The maximum Gasteiger partial charge on any atom is 0.0628 e. The molecule has 178 valence electrons. The van der Waals surface area contributed by atoms with Crippen molar-refractivity contribution in [3.8, 4) is 0 Å². The molecule has 31 heavy (non-hydrogen) atoms. The molecular formula is C29H50O2. The van der Waals surface area contributed by atoms with Crippen molar-refractivity contribution >= 4 is 0 Å². The molecule has 0 bridgehead atoms. The van der Waals surface area contributed by atoms with Crippen LogP contribution in [0.2, 0.25) is 0 Å². The maximum absolute atomic E-state index is 11.7. The van der Waals surface area contributed by atoms with Crippen molar-refractivity contribution < 1.29 is 10.2 Å². The SMILES string of the molecule is CC(C)CCC[C@@H](C)[C@H]1CC[C@H]2[C@@H]3CC=C4C(C)(C)[C@H](O)CC[C@]4(C)[C@H]3[C@H](O)C[C@]12C. The van der Waals surface area contributed by atoms with E-state index in [4.69, 9.17) is 0 Å². The minimum Gasteiger partial charge on any atom is -0.393 e. The van der Waals surface area contributed by atoms with E-state index in [0.717, 1.165) is 49.4 Å². The Balaban J connectivity index is 1.59. The van der Waals surface area contributed by atoms with Gasteiger partial charge in [0, 0.05) is 5.41 Å². The van der Waals surface area contributed by atoms with Gasteiger partial charge in [0.15, 0.2) is 0 Å². The molecule has 0 aromatic carbocycles. The summed E-state index contributed by atoms with van der Waals surface area (Å²) < 4.78 is 0. The Bertz CT molecular complexity index is 693. The van der Waals surface area contributed by atoms with Gasteiger partial charge in [0.05, 0.1) is 12.2 Å². The van der Waals surface area contributed by atoms with E-state index >= 15 is 0 Å². The molecule has 0 amide bonds. The van der Waals surface area contributed by atoms with Gasteiger partial charge < -0.3 is 10.2 Å². The molecule has 2 heteroatoms. The van der Waals surface area contributed by atoms with Gasteiger partial charge in [0.25, 0.3) is 0 Å². The molecule has 4 aliphatic rings. The summed E-state index contributed by atoms with van der Waals surface area (Å²) in [6, 6.07) is 0. The lowest BCUT2D eigenvalue weighted by Gasteiger charge is -2.62. The highest BCUT2D eigenvalue weighted by molar-refractivity contribution is 5.32. The number of allylic oxidation sites excluding steroid dienone is 1. The molecule has 0 heterocycles. The highest BCUT2D eigenvalue weighted by Crippen LogP contribution is 2.68. The fourth-order valence-corrected chi connectivity index (χ4v) is 9.55. The quantitative estimate of drug-likeness (QED) is 0.461. The first kappa shape index (κ1) is 23.8. The average molecular weight is 431 g/mol. The molecule has 2 N–H and O–H groups in total. The van der Waals surface area contributed by atoms with Crippen LogP contribution >= 0.6 is 0 Å². The fraction of sp³-hybridized carbons (Fsp3) is 0.931. The van der Waals surface area contributed by atoms with Crippen molar-refractivity contribution in [1.82, 2.24) is 0 Å². The van der Waals surface area contributed by atoms with Gasteiger partial charge >= 0.3 is 0 Å². The summed E-state index contributed by atoms with van der Waals surface area (Å²) in [5.41, 5.74) is 1.62. The number of aliphatic hydroxyl groups excluding tert-OH is 2. The van der Waals surface area contributed by atoms with Gasteiger partial charge in [-0.1, -0.05) is 79.4 Å². The fourth-order valence-electron chi connectivity index (χ4n) is 9.55. The summed E-state index contributed by atoms with van der Waals surface area (Å²) >= 11 is 0. The normalized spacial score (nSPS) is 47.4. The zero-order valence-electron chi connectivity index (χ0n) is 21.5. The van der Waals surface area contributed by atoms with Crippen molar-refractivity contribution in [3.63, 3.8) is 0 Å². The molecule has 3 saturated carbocycles.